The van der Waals surface area contributed by atoms with Gasteiger partial charge in [0.25, 0.3) is 0 Å². The molecule has 0 amide bonds. The third-order valence-corrected chi connectivity index (χ3v) is 1.84. The van der Waals surface area contributed by atoms with Crippen molar-refractivity contribution < 1.29 is 17.9 Å². The van der Waals surface area contributed by atoms with Crippen molar-refractivity contribution in [2.45, 2.75) is 26.1 Å². The van der Waals surface area contributed by atoms with E-state index < -0.39 is 12.7 Å². The standard InChI is InChI=1S/C9H12ClF3N4O/c1-5(2)18-8-15-6(10)14-7(16-8)17(3)4-9(11,12)13/h5H,4H2,1-3H3. The number of nitrogens with zero attached hydrogens (tertiary/aromatic N) is 4. The fourth-order valence-electron chi connectivity index (χ4n) is 1.10. The molecule has 0 atom stereocenters. The summed E-state index contributed by atoms with van der Waals surface area (Å²) in [5.74, 6) is -0.192. The van der Waals surface area contributed by atoms with Crippen LogP contribution in [0.2, 0.25) is 5.28 Å². The van der Waals surface area contributed by atoms with Crippen molar-refractivity contribution in [1.29, 1.82) is 0 Å². The number of alkyl halides is 3. The summed E-state index contributed by atoms with van der Waals surface area (Å²) in [6.07, 6.45) is -4.57. The first-order valence-corrected chi connectivity index (χ1v) is 5.41. The maximum Gasteiger partial charge on any atom is 0.406 e. The van der Waals surface area contributed by atoms with E-state index in [0.717, 1.165) is 4.90 Å². The molecule has 1 heterocycles. The Morgan fingerprint density at radius 2 is 1.89 bits per heavy atom. The second kappa shape index (κ2) is 5.55. The zero-order chi connectivity index (χ0) is 13.9. The quantitative estimate of drug-likeness (QED) is 0.849. The van der Waals surface area contributed by atoms with E-state index in [1.807, 2.05) is 0 Å². The van der Waals surface area contributed by atoms with Gasteiger partial charge in [-0.05, 0) is 25.4 Å². The number of halogens is 4. The van der Waals surface area contributed by atoms with E-state index in [2.05, 4.69) is 15.0 Å². The van der Waals surface area contributed by atoms with Crippen LogP contribution < -0.4 is 9.64 Å². The monoisotopic (exact) mass is 284 g/mol. The highest BCUT2D eigenvalue weighted by Gasteiger charge is 2.30. The van der Waals surface area contributed by atoms with Crippen LogP contribution in [-0.2, 0) is 0 Å². The lowest BCUT2D eigenvalue weighted by molar-refractivity contribution is -0.119. The molecule has 0 aliphatic heterocycles. The smallest absolute Gasteiger partial charge is 0.406 e. The molecule has 0 bridgehead atoms. The maximum absolute atomic E-state index is 12.2. The molecule has 1 rings (SSSR count). The number of ether oxygens (including phenoxy) is 1. The lowest BCUT2D eigenvalue weighted by Gasteiger charge is -2.19. The molecular formula is C9H12ClF3N4O. The van der Waals surface area contributed by atoms with Gasteiger partial charge in [-0.1, -0.05) is 0 Å². The first-order chi connectivity index (χ1) is 8.17. The van der Waals surface area contributed by atoms with Crippen LogP contribution in [0.3, 0.4) is 0 Å². The van der Waals surface area contributed by atoms with Gasteiger partial charge in [0.05, 0.1) is 6.10 Å². The van der Waals surface area contributed by atoms with Crippen LogP contribution in [0.15, 0.2) is 0 Å². The molecule has 1 aromatic heterocycles. The summed E-state index contributed by atoms with van der Waals surface area (Å²) in [7, 11) is 1.21. The minimum absolute atomic E-state index is 0.103. The van der Waals surface area contributed by atoms with Crippen molar-refractivity contribution >= 4 is 17.5 Å². The molecular weight excluding hydrogens is 273 g/mol. The molecule has 0 spiro atoms. The molecule has 0 aliphatic carbocycles. The lowest BCUT2D eigenvalue weighted by atomic mass is 10.5. The number of anilines is 1. The van der Waals surface area contributed by atoms with Crippen LogP contribution in [0, 0.1) is 0 Å². The molecule has 0 aromatic carbocycles. The first kappa shape index (κ1) is 14.7. The highest BCUT2D eigenvalue weighted by molar-refractivity contribution is 6.28. The van der Waals surface area contributed by atoms with E-state index in [1.54, 1.807) is 13.8 Å². The van der Waals surface area contributed by atoms with Gasteiger partial charge in [-0.15, -0.1) is 0 Å². The van der Waals surface area contributed by atoms with Gasteiger partial charge in [0, 0.05) is 7.05 Å². The second-order valence-electron chi connectivity index (χ2n) is 3.82. The van der Waals surface area contributed by atoms with Crippen molar-refractivity contribution in [3.63, 3.8) is 0 Å². The Balaban J connectivity index is 2.91. The highest BCUT2D eigenvalue weighted by Crippen LogP contribution is 2.20. The van der Waals surface area contributed by atoms with Gasteiger partial charge in [-0.3, -0.25) is 0 Å². The Hall–Kier alpha value is -1.31. The Kier molecular flexibility index (Phi) is 4.55. The number of hydrogen-bond donors (Lipinski definition) is 0. The maximum atomic E-state index is 12.2. The number of aromatic nitrogens is 3. The van der Waals surface area contributed by atoms with E-state index in [1.165, 1.54) is 7.05 Å². The molecule has 0 saturated carbocycles. The minimum atomic E-state index is -4.35. The first-order valence-electron chi connectivity index (χ1n) is 5.03. The molecule has 0 unspecified atom stereocenters. The summed E-state index contributed by atoms with van der Waals surface area (Å²) in [6.45, 7) is 2.28. The van der Waals surface area contributed by atoms with Gasteiger partial charge >= 0.3 is 12.2 Å². The van der Waals surface area contributed by atoms with Crippen LogP contribution in [0.1, 0.15) is 13.8 Å². The minimum Gasteiger partial charge on any atom is -0.461 e. The van der Waals surface area contributed by atoms with Crippen molar-refractivity contribution in [3.05, 3.63) is 5.28 Å². The molecule has 0 aliphatic rings. The zero-order valence-electron chi connectivity index (χ0n) is 9.99. The van der Waals surface area contributed by atoms with E-state index in [4.69, 9.17) is 16.3 Å². The zero-order valence-corrected chi connectivity index (χ0v) is 10.7. The molecule has 0 fully saturated rings. The largest absolute Gasteiger partial charge is 0.461 e. The molecule has 0 N–H and O–H groups in total. The summed E-state index contributed by atoms with van der Waals surface area (Å²) in [6, 6.07) is -0.103. The van der Waals surface area contributed by atoms with E-state index >= 15 is 0 Å². The third kappa shape index (κ3) is 4.91. The fraction of sp³-hybridized carbons (Fsp3) is 0.667. The predicted molar refractivity (Wildman–Crippen MR) is 59.9 cm³/mol. The lowest BCUT2D eigenvalue weighted by Crippen LogP contribution is -2.32. The van der Waals surface area contributed by atoms with Gasteiger partial charge in [-0.25, -0.2) is 0 Å². The summed E-state index contributed by atoms with van der Waals surface area (Å²) in [5.41, 5.74) is 0. The third-order valence-electron chi connectivity index (χ3n) is 1.67. The molecule has 1 aromatic rings. The van der Waals surface area contributed by atoms with Crippen molar-refractivity contribution in [3.8, 4) is 6.01 Å². The van der Waals surface area contributed by atoms with Crippen molar-refractivity contribution in [2.75, 3.05) is 18.5 Å². The average molecular weight is 285 g/mol. The normalized spacial score (nSPS) is 11.8. The molecule has 102 valence electrons. The average Bonchev–Trinajstić information content (AvgIpc) is 2.12. The second-order valence-corrected chi connectivity index (χ2v) is 4.16. The summed E-state index contributed by atoms with van der Waals surface area (Å²) < 4.78 is 41.8. The van der Waals surface area contributed by atoms with Crippen LogP contribution in [0.25, 0.3) is 0 Å². The summed E-state index contributed by atoms with van der Waals surface area (Å²) >= 11 is 5.60. The Labute approximate surface area is 107 Å². The Bertz CT molecular complexity index is 413. The van der Waals surface area contributed by atoms with Gasteiger partial charge in [-0.2, -0.15) is 28.1 Å². The van der Waals surface area contributed by atoms with E-state index in [9.17, 15) is 13.2 Å². The van der Waals surface area contributed by atoms with E-state index in [-0.39, 0.29) is 23.3 Å². The number of hydrogen-bond acceptors (Lipinski definition) is 5. The molecule has 9 heteroatoms. The molecule has 5 nitrogen and oxygen atoms in total. The summed E-state index contributed by atoms with van der Waals surface area (Å²) in [4.78, 5) is 11.9. The summed E-state index contributed by atoms with van der Waals surface area (Å²) in [5, 5.41) is -0.218. The van der Waals surface area contributed by atoms with E-state index in [0.29, 0.717) is 0 Å². The fourth-order valence-corrected chi connectivity index (χ4v) is 1.24. The van der Waals surface area contributed by atoms with Gasteiger partial charge in [0.2, 0.25) is 11.2 Å². The topological polar surface area (TPSA) is 51.1 Å². The SMILES string of the molecule is CC(C)Oc1nc(Cl)nc(N(C)CC(F)(F)F)n1. The highest BCUT2D eigenvalue weighted by atomic mass is 35.5. The van der Waals surface area contributed by atoms with Crippen molar-refractivity contribution in [2.24, 2.45) is 0 Å². The van der Waals surface area contributed by atoms with Crippen molar-refractivity contribution in [1.82, 2.24) is 15.0 Å². The van der Waals surface area contributed by atoms with Crippen LogP contribution in [-0.4, -0.2) is 40.8 Å². The Morgan fingerprint density at radius 1 is 1.28 bits per heavy atom. The molecule has 18 heavy (non-hydrogen) atoms. The molecule has 0 saturated heterocycles. The van der Waals surface area contributed by atoms with Gasteiger partial charge in [0.15, 0.2) is 0 Å². The van der Waals surface area contributed by atoms with Crippen LogP contribution in [0.4, 0.5) is 19.1 Å². The Morgan fingerprint density at radius 3 is 2.39 bits per heavy atom. The molecule has 0 radical (unpaired) electrons. The number of rotatable bonds is 4. The van der Waals surface area contributed by atoms with Crippen LogP contribution >= 0.6 is 11.6 Å². The predicted octanol–water partition coefficient (Wildman–Crippen LogP) is 2.31. The van der Waals surface area contributed by atoms with Gasteiger partial charge < -0.3 is 9.64 Å². The van der Waals surface area contributed by atoms with Gasteiger partial charge in [0.1, 0.15) is 6.54 Å². The van der Waals surface area contributed by atoms with Crippen LogP contribution in [0.5, 0.6) is 6.01 Å².